The fraction of sp³-hybridized carbons (Fsp3) is 0.917. The van der Waals surface area contributed by atoms with Crippen LogP contribution in [0.2, 0.25) is 0 Å². The Morgan fingerprint density at radius 1 is 1.19 bits per heavy atom. The van der Waals surface area contributed by atoms with Gasteiger partial charge >= 0.3 is 5.97 Å². The van der Waals surface area contributed by atoms with Gasteiger partial charge < -0.3 is 10.0 Å². The third-order valence-corrected chi connectivity index (χ3v) is 4.87. The van der Waals surface area contributed by atoms with Crippen molar-refractivity contribution >= 4 is 17.7 Å². The fourth-order valence-corrected chi connectivity index (χ4v) is 3.90. The van der Waals surface area contributed by atoms with E-state index in [-0.39, 0.29) is 0 Å². The molecule has 0 radical (unpaired) electrons. The maximum Gasteiger partial charge on any atom is 0.303 e. The predicted octanol–water partition coefficient (Wildman–Crippen LogP) is 2.07. The highest BCUT2D eigenvalue weighted by Crippen LogP contribution is 2.27. The minimum Gasteiger partial charge on any atom is -0.481 e. The summed E-state index contributed by atoms with van der Waals surface area (Å²) in [6.07, 6.45) is 5.18. The fourth-order valence-electron chi connectivity index (χ4n) is 2.82. The van der Waals surface area contributed by atoms with Gasteiger partial charge in [0.1, 0.15) is 0 Å². The molecule has 0 aromatic heterocycles. The lowest BCUT2D eigenvalue weighted by atomic mass is 9.92. The highest BCUT2D eigenvalue weighted by atomic mass is 32.2. The SMILES string of the molecule is O=C(O)CC1CCN(C2CCSCC2)CC1. The lowest BCUT2D eigenvalue weighted by Crippen LogP contribution is -2.43. The molecule has 2 aliphatic heterocycles. The van der Waals surface area contributed by atoms with E-state index in [9.17, 15) is 4.79 Å². The van der Waals surface area contributed by atoms with Crippen LogP contribution in [0.15, 0.2) is 0 Å². The average molecular weight is 243 g/mol. The van der Waals surface area contributed by atoms with E-state index in [1.165, 1.54) is 24.3 Å². The zero-order chi connectivity index (χ0) is 11.4. The molecule has 2 saturated heterocycles. The molecule has 0 atom stereocenters. The van der Waals surface area contributed by atoms with Crippen LogP contribution in [0.25, 0.3) is 0 Å². The van der Waals surface area contributed by atoms with Gasteiger partial charge in [-0.1, -0.05) is 0 Å². The third kappa shape index (κ3) is 3.39. The van der Waals surface area contributed by atoms with Crippen molar-refractivity contribution in [3.8, 4) is 0 Å². The van der Waals surface area contributed by atoms with Crippen LogP contribution < -0.4 is 0 Å². The smallest absolute Gasteiger partial charge is 0.303 e. The van der Waals surface area contributed by atoms with Gasteiger partial charge in [0.15, 0.2) is 0 Å². The number of hydrogen-bond donors (Lipinski definition) is 1. The number of carboxylic acids is 1. The van der Waals surface area contributed by atoms with Crippen molar-refractivity contribution in [3.05, 3.63) is 0 Å². The van der Waals surface area contributed by atoms with Crippen molar-refractivity contribution in [1.82, 2.24) is 4.90 Å². The summed E-state index contributed by atoms with van der Waals surface area (Å²) in [5.74, 6) is 2.40. The van der Waals surface area contributed by atoms with E-state index in [1.54, 1.807) is 0 Å². The van der Waals surface area contributed by atoms with Gasteiger partial charge in [-0.25, -0.2) is 0 Å². The second-order valence-corrected chi connectivity index (χ2v) is 6.15. The lowest BCUT2D eigenvalue weighted by molar-refractivity contribution is -0.138. The summed E-state index contributed by atoms with van der Waals surface area (Å²) in [5.41, 5.74) is 0. The summed E-state index contributed by atoms with van der Waals surface area (Å²) < 4.78 is 0. The number of rotatable bonds is 3. The molecular weight excluding hydrogens is 222 g/mol. The minimum atomic E-state index is -0.632. The number of aliphatic carboxylic acids is 1. The van der Waals surface area contributed by atoms with E-state index in [1.807, 2.05) is 0 Å². The molecule has 2 aliphatic rings. The summed E-state index contributed by atoms with van der Waals surface area (Å²) >= 11 is 2.07. The normalized spacial score (nSPS) is 25.8. The van der Waals surface area contributed by atoms with Crippen molar-refractivity contribution in [2.24, 2.45) is 5.92 Å². The van der Waals surface area contributed by atoms with Crippen LogP contribution in [-0.2, 0) is 4.79 Å². The molecule has 0 aliphatic carbocycles. The summed E-state index contributed by atoms with van der Waals surface area (Å²) in [6, 6.07) is 0.784. The van der Waals surface area contributed by atoms with E-state index >= 15 is 0 Å². The first-order valence-corrected chi connectivity index (χ1v) is 7.45. The first-order valence-electron chi connectivity index (χ1n) is 6.29. The molecule has 2 heterocycles. The van der Waals surface area contributed by atoms with Crippen molar-refractivity contribution in [3.63, 3.8) is 0 Å². The van der Waals surface area contributed by atoms with E-state index in [2.05, 4.69) is 16.7 Å². The largest absolute Gasteiger partial charge is 0.481 e. The van der Waals surface area contributed by atoms with Crippen molar-refractivity contribution in [1.29, 1.82) is 0 Å². The first-order chi connectivity index (χ1) is 7.75. The van der Waals surface area contributed by atoms with Gasteiger partial charge in [0.05, 0.1) is 0 Å². The Kier molecular flexibility index (Phi) is 4.53. The van der Waals surface area contributed by atoms with Crippen LogP contribution in [0.5, 0.6) is 0 Å². The highest BCUT2D eigenvalue weighted by molar-refractivity contribution is 7.99. The number of piperidine rings is 1. The summed E-state index contributed by atoms with van der Waals surface area (Å²) in [7, 11) is 0. The Bertz CT molecular complexity index is 233. The van der Waals surface area contributed by atoms with E-state index < -0.39 is 5.97 Å². The molecule has 4 heteroatoms. The van der Waals surface area contributed by atoms with Gasteiger partial charge in [-0.05, 0) is 56.2 Å². The Hall–Kier alpha value is -0.220. The second kappa shape index (κ2) is 5.92. The molecule has 0 aromatic rings. The quantitative estimate of drug-likeness (QED) is 0.824. The Labute approximate surface area is 102 Å². The number of thioether (sulfide) groups is 1. The molecule has 2 fully saturated rings. The monoisotopic (exact) mass is 243 g/mol. The van der Waals surface area contributed by atoms with Crippen LogP contribution in [0.4, 0.5) is 0 Å². The number of hydrogen-bond acceptors (Lipinski definition) is 3. The number of carboxylic acid groups (broad SMARTS) is 1. The van der Waals surface area contributed by atoms with Gasteiger partial charge in [0, 0.05) is 12.5 Å². The molecule has 0 unspecified atom stereocenters. The molecule has 0 amide bonds. The van der Waals surface area contributed by atoms with Crippen LogP contribution in [0.3, 0.4) is 0 Å². The van der Waals surface area contributed by atoms with Crippen LogP contribution in [0.1, 0.15) is 32.1 Å². The highest BCUT2D eigenvalue weighted by Gasteiger charge is 2.26. The number of likely N-dealkylation sites (tertiary alicyclic amines) is 1. The Balaban J connectivity index is 1.73. The average Bonchev–Trinajstić information content (AvgIpc) is 2.30. The van der Waals surface area contributed by atoms with Gasteiger partial charge in [-0.3, -0.25) is 4.79 Å². The molecule has 0 saturated carbocycles. The zero-order valence-corrected chi connectivity index (χ0v) is 10.5. The number of carbonyl (C=O) groups is 1. The van der Waals surface area contributed by atoms with Crippen LogP contribution in [0, 0.1) is 5.92 Å². The molecule has 0 spiro atoms. The Morgan fingerprint density at radius 2 is 1.81 bits per heavy atom. The molecule has 3 nitrogen and oxygen atoms in total. The Morgan fingerprint density at radius 3 is 2.38 bits per heavy atom. The standard InChI is InChI=1S/C12H21NO2S/c14-12(15)9-10-1-5-13(6-2-10)11-3-7-16-8-4-11/h10-11H,1-9H2,(H,14,15). The molecule has 0 bridgehead atoms. The lowest BCUT2D eigenvalue weighted by Gasteiger charge is -2.38. The molecule has 92 valence electrons. The second-order valence-electron chi connectivity index (χ2n) is 4.92. The topological polar surface area (TPSA) is 40.5 Å². The van der Waals surface area contributed by atoms with Crippen molar-refractivity contribution in [2.75, 3.05) is 24.6 Å². The van der Waals surface area contributed by atoms with Crippen LogP contribution >= 0.6 is 11.8 Å². The maximum atomic E-state index is 10.6. The summed E-state index contributed by atoms with van der Waals surface area (Å²) in [4.78, 5) is 13.2. The molecule has 1 N–H and O–H groups in total. The predicted molar refractivity (Wildman–Crippen MR) is 66.9 cm³/mol. The van der Waals surface area contributed by atoms with E-state index in [0.717, 1.165) is 32.0 Å². The third-order valence-electron chi connectivity index (χ3n) is 3.82. The van der Waals surface area contributed by atoms with Gasteiger partial charge in [0.2, 0.25) is 0 Å². The first kappa shape index (κ1) is 12.2. The van der Waals surface area contributed by atoms with Crippen molar-refractivity contribution in [2.45, 2.75) is 38.1 Å². The van der Waals surface area contributed by atoms with E-state index in [4.69, 9.17) is 5.11 Å². The molecule has 0 aromatic carbocycles. The minimum absolute atomic E-state index is 0.369. The summed E-state index contributed by atoms with van der Waals surface area (Å²) in [5, 5.41) is 8.76. The number of nitrogens with zero attached hydrogens (tertiary/aromatic N) is 1. The zero-order valence-electron chi connectivity index (χ0n) is 9.73. The van der Waals surface area contributed by atoms with Crippen molar-refractivity contribution < 1.29 is 9.90 Å². The van der Waals surface area contributed by atoms with Crippen LogP contribution in [-0.4, -0.2) is 46.6 Å². The molecule has 16 heavy (non-hydrogen) atoms. The van der Waals surface area contributed by atoms with Gasteiger partial charge in [-0.15, -0.1) is 0 Å². The van der Waals surface area contributed by atoms with Gasteiger partial charge in [-0.2, -0.15) is 11.8 Å². The molecule has 2 rings (SSSR count). The molecular formula is C12H21NO2S. The maximum absolute atomic E-state index is 10.6. The summed E-state index contributed by atoms with van der Waals surface area (Å²) in [6.45, 7) is 2.24. The van der Waals surface area contributed by atoms with Gasteiger partial charge in [0.25, 0.3) is 0 Å². The van der Waals surface area contributed by atoms with E-state index in [0.29, 0.717) is 12.3 Å².